The number of unbranched alkanes of at least 4 members (excludes halogenated alkanes) is 2. The van der Waals surface area contributed by atoms with Crippen molar-refractivity contribution in [3.8, 4) is 5.75 Å². The first-order valence-corrected chi connectivity index (χ1v) is 8.01. The van der Waals surface area contributed by atoms with E-state index in [0.717, 1.165) is 18.8 Å². The first-order valence-electron chi connectivity index (χ1n) is 8.01. The zero-order valence-electron chi connectivity index (χ0n) is 13.2. The summed E-state index contributed by atoms with van der Waals surface area (Å²) in [6, 6.07) is 18.5. The van der Waals surface area contributed by atoms with Crippen molar-refractivity contribution in [2.75, 3.05) is 6.61 Å². The Hall–Kier alpha value is -2.28. The van der Waals surface area contributed by atoms with E-state index in [2.05, 4.69) is 55.5 Å². The smallest absolute Gasteiger partial charge is 0.119 e. The van der Waals surface area contributed by atoms with Gasteiger partial charge in [0.1, 0.15) is 5.75 Å². The maximum atomic E-state index is 5.71. The molecular formula is C21H24O. The van der Waals surface area contributed by atoms with Gasteiger partial charge in [-0.1, -0.05) is 86.5 Å². The summed E-state index contributed by atoms with van der Waals surface area (Å²) in [6.07, 6.45) is 11.9. The zero-order chi connectivity index (χ0) is 15.5. The van der Waals surface area contributed by atoms with Crippen LogP contribution in [0.2, 0.25) is 0 Å². The van der Waals surface area contributed by atoms with E-state index in [1.165, 1.54) is 24.0 Å². The van der Waals surface area contributed by atoms with Crippen LogP contribution in [0.3, 0.4) is 0 Å². The Balaban J connectivity index is 1.80. The van der Waals surface area contributed by atoms with E-state index in [1.807, 2.05) is 30.3 Å². The summed E-state index contributed by atoms with van der Waals surface area (Å²) in [7, 11) is 0. The van der Waals surface area contributed by atoms with Crippen LogP contribution in [0, 0.1) is 0 Å². The van der Waals surface area contributed by atoms with Gasteiger partial charge in [-0.2, -0.15) is 0 Å². The van der Waals surface area contributed by atoms with E-state index in [9.17, 15) is 0 Å². The number of allylic oxidation sites excluding steroid dienone is 2. The fourth-order valence-corrected chi connectivity index (χ4v) is 2.11. The van der Waals surface area contributed by atoms with Crippen molar-refractivity contribution in [2.45, 2.75) is 26.2 Å². The largest absolute Gasteiger partial charge is 0.494 e. The highest BCUT2D eigenvalue weighted by Crippen LogP contribution is 2.14. The molecule has 0 N–H and O–H groups in total. The molecule has 0 spiro atoms. The second kappa shape index (κ2) is 9.62. The van der Waals surface area contributed by atoms with Crippen LogP contribution in [-0.4, -0.2) is 6.61 Å². The van der Waals surface area contributed by atoms with Gasteiger partial charge in [0, 0.05) is 0 Å². The van der Waals surface area contributed by atoms with Crippen molar-refractivity contribution in [3.05, 3.63) is 77.9 Å². The highest BCUT2D eigenvalue weighted by molar-refractivity contribution is 5.57. The molecule has 0 radical (unpaired) electrons. The van der Waals surface area contributed by atoms with Crippen LogP contribution in [-0.2, 0) is 0 Å². The van der Waals surface area contributed by atoms with Crippen molar-refractivity contribution in [1.29, 1.82) is 0 Å². The number of ether oxygens (including phenoxy) is 1. The molecule has 0 bridgehead atoms. The van der Waals surface area contributed by atoms with Gasteiger partial charge in [0.15, 0.2) is 0 Å². The lowest BCUT2D eigenvalue weighted by Crippen LogP contribution is -1.96. The Bertz CT molecular complexity index is 579. The monoisotopic (exact) mass is 292 g/mol. The van der Waals surface area contributed by atoms with Crippen LogP contribution < -0.4 is 4.74 Å². The summed E-state index contributed by atoms with van der Waals surface area (Å²) in [5.41, 5.74) is 2.39. The first-order chi connectivity index (χ1) is 10.9. The SMILES string of the molecule is CCCCCOc1ccc(C=C/C=C/c2ccccc2)cc1. The van der Waals surface area contributed by atoms with E-state index >= 15 is 0 Å². The minimum absolute atomic E-state index is 0.808. The third-order valence-corrected chi connectivity index (χ3v) is 3.38. The van der Waals surface area contributed by atoms with Gasteiger partial charge in [0.05, 0.1) is 6.61 Å². The fraction of sp³-hybridized carbons (Fsp3) is 0.238. The Morgan fingerprint density at radius 2 is 1.41 bits per heavy atom. The van der Waals surface area contributed by atoms with Gasteiger partial charge in [-0.25, -0.2) is 0 Å². The molecule has 0 atom stereocenters. The maximum Gasteiger partial charge on any atom is 0.119 e. The lowest BCUT2D eigenvalue weighted by Gasteiger charge is -2.05. The van der Waals surface area contributed by atoms with Crippen molar-refractivity contribution in [3.63, 3.8) is 0 Å². The van der Waals surface area contributed by atoms with Gasteiger partial charge < -0.3 is 4.74 Å². The predicted molar refractivity (Wildman–Crippen MR) is 96.0 cm³/mol. The van der Waals surface area contributed by atoms with E-state index in [4.69, 9.17) is 4.74 Å². The molecule has 1 nitrogen and oxygen atoms in total. The molecule has 0 aromatic heterocycles. The predicted octanol–water partition coefficient (Wildman–Crippen LogP) is 5.98. The average Bonchev–Trinajstić information content (AvgIpc) is 2.58. The maximum absolute atomic E-state index is 5.71. The normalized spacial score (nSPS) is 11.3. The Morgan fingerprint density at radius 3 is 2.05 bits per heavy atom. The van der Waals surface area contributed by atoms with Crippen LogP contribution in [0.25, 0.3) is 12.2 Å². The average molecular weight is 292 g/mol. The molecule has 2 aromatic rings. The summed E-state index contributed by atoms with van der Waals surface area (Å²) in [5, 5.41) is 0. The molecular weight excluding hydrogens is 268 g/mol. The first kappa shape index (κ1) is 16.1. The van der Waals surface area contributed by atoms with Gasteiger partial charge in [-0.3, -0.25) is 0 Å². The second-order valence-corrected chi connectivity index (χ2v) is 5.25. The van der Waals surface area contributed by atoms with Gasteiger partial charge in [0.2, 0.25) is 0 Å². The van der Waals surface area contributed by atoms with Crippen molar-refractivity contribution in [2.24, 2.45) is 0 Å². The molecule has 0 aliphatic heterocycles. The molecule has 0 unspecified atom stereocenters. The Kier molecular flexibility index (Phi) is 7.04. The van der Waals surface area contributed by atoms with Crippen LogP contribution in [0.4, 0.5) is 0 Å². The van der Waals surface area contributed by atoms with Crippen molar-refractivity contribution < 1.29 is 4.74 Å². The molecule has 2 rings (SSSR count). The standard InChI is InChI=1S/C21H24O/c1-2-3-9-18-22-21-16-14-20(15-17-21)13-8-7-12-19-10-5-4-6-11-19/h4-8,10-17H,2-3,9,18H2,1H3/b12-7+,13-8?. The fourth-order valence-electron chi connectivity index (χ4n) is 2.11. The Morgan fingerprint density at radius 1 is 0.773 bits per heavy atom. The highest BCUT2D eigenvalue weighted by atomic mass is 16.5. The third kappa shape index (κ3) is 6.01. The minimum Gasteiger partial charge on any atom is -0.494 e. The summed E-state index contributed by atoms with van der Waals surface area (Å²) >= 11 is 0. The van der Waals surface area contributed by atoms with E-state index in [-0.39, 0.29) is 0 Å². The molecule has 2 aromatic carbocycles. The quantitative estimate of drug-likeness (QED) is 0.429. The number of hydrogen-bond acceptors (Lipinski definition) is 1. The summed E-state index contributed by atoms with van der Waals surface area (Å²) in [5.74, 6) is 0.952. The van der Waals surface area contributed by atoms with Gasteiger partial charge in [-0.05, 0) is 29.7 Å². The van der Waals surface area contributed by atoms with Crippen molar-refractivity contribution in [1.82, 2.24) is 0 Å². The topological polar surface area (TPSA) is 9.23 Å². The molecule has 0 aliphatic rings. The third-order valence-electron chi connectivity index (χ3n) is 3.38. The molecule has 0 saturated carbocycles. The van der Waals surface area contributed by atoms with E-state index in [1.54, 1.807) is 0 Å². The molecule has 114 valence electrons. The van der Waals surface area contributed by atoms with E-state index < -0.39 is 0 Å². The summed E-state index contributed by atoms with van der Waals surface area (Å²) in [4.78, 5) is 0. The molecule has 0 aliphatic carbocycles. The van der Waals surface area contributed by atoms with Crippen LogP contribution in [0.1, 0.15) is 37.3 Å². The number of hydrogen-bond donors (Lipinski definition) is 0. The molecule has 0 heterocycles. The van der Waals surface area contributed by atoms with E-state index in [0.29, 0.717) is 0 Å². The second-order valence-electron chi connectivity index (χ2n) is 5.25. The molecule has 0 saturated heterocycles. The molecule has 22 heavy (non-hydrogen) atoms. The lowest BCUT2D eigenvalue weighted by molar-refractivity contribution is 0.306. The minimum atomic E-state index is 0.808. The van der Waals surface area contributed by atoms with Gasteiger partial charge in [0.25, 0.3) is 0 Å². The molecule has 1 heteroatoms. The number of rotatable bonds is 8. The summed E-state index contributed by atoms with van der Waals surface area (Å²) < 4.78 is 5.71. The molecule has 0 fully saturated rings. The van der Waals surface area contributed by atoms with Crippen LogP contribution >= 0.6 is 0 Å². The van der Waals surface area contributed by atoms with Crippen LogP contribution in [0.5, 0.6) is 5.75 Å². The summed E-state index contributed by atoms with van der Waals surface area (Å²) in [6.45, 7) is 3.01. The van der Waals surface area contributed by atoms with Gasteiger partial charge >= 0.3 is 0 Å². The molecule has 0 amide bonds. The Labute approximate surface area is 134 Å². The van der Waals surface area contributed by atoms with Crippen molar-refractivity contribution >= 4 is 12.2 Å². The highest BCUT2D eigenvalue weighted by Gasteiger charge is 1.93. The lowest BCUT2D eigenvalue weighted by atomic mass is 10.2. The zero-order valence-corrected chi connectivity index (χ0v) is 13.2. The van der Waals surface area contributed by atoms with Gasteiger partial charge in [-0.15, -0.1) is 0 Å². The van der Waals surface area contributed by atoms with Crippen LogP contribution in [0.15, 0.2) is 66.7 Å². The number of benzene rings is 2.